The highest BCUT2D eigenvalue weighted by molar-refractivity contribution is 5.71. The zero-order valence-electron chi connectivity index (χ0n) is 23.4. The first-order valence-electron chi connectivity index (χ1n) is 13.9. The number of aryl methyl sites for hydroxylation is 2. The van der Waals surface area contributed by atoms with Crippen LogP contribution in [0.4, 0.5) is 0 Å². The zero-order valence-corrected chi connectivity index (χ0v) is 23.4. The molecule has 36 heavy (non-hydrogen) atoms. The number of carbonyl (C=O) groups is 1. The van der Waals surface area contributed by atoms with Gasteiger partial charge in [-0.25, -0.2) is 0 Å². The van der Waals surface area contributed by atoms with E-state index in [-0.39, 0.29) is 17.5 Å². The first kappa shape index (κ1) is 28.2. The number of cyclic esters (lactones) is 1. The van der Waals surface area contributed by atoms with Crippen LogP contribution >= 0.6 is 0 Å². The highest BCUT2D eigenvalue weighted by Gasteiger charge is 2.32. The minimum Gasteiger partial charge on any atom is -0.489 e. The minimum absolute atomic E-state index is 0.0790. The van der Waals surface area contributed by atoms with Gasteiger partial charge >= 0.3 is 5.97 Å². The quantitative estimate of drug-likeness (QED) is 0.310. The molecule has 0 amide bonds. The van der Waals surface area contributed by atoms with E-state index >= 15 is 0 Å². The van der Waals surface area contributed by atoms with Crippen molar-refractivity contribution < 1.29 is 19.4 Å². The van der Waals surface area contributed by atoms with Crippen molar-refractivity contribution >= 4 is 5.97 Å². The smallest absolute Gasteiger partial charge is 0.306 e. The Kier molecular flexibility index (Phi) is 9.27. The molecule has 0 aliphatic carbocycles. The van der Waals surface area contributed by atoms with Gasteiger partial charge in [-0.2, -0.15) is 0 Å². The molecule has 0 radical (unpaired) electrons. The lowest BCUT2D eigenvalue weighted by Crippen LogP contribution is -2.29. The molecule has 0 bridgehead atoms. The van der Waals surface area contributed by atoms with Crippen LogP contribution in [0.2, 0.25) is 0 Å². The van der Waals surface area contributed by atoms with Crippen molar-refractivity contribution in [2.24, 2.45) is 0 Å². The summed E-state index contributed by atoms with van der Waals surface area (Å²) in [6.45, 7) is 15.6. The predicted octanol–water partition coefficient (Wildman–Crippen LogP) is 7.54. The Morgan fingerprint density at radius 1 is 0.972 bits per heavy atom. The molecule has 1 aliphatic rings. The van der Waals surface area contributed by atoms with Crippen LogP contribution in [0, 0.1) is 13.8 Å². The minimum atomic E-state index is -0.595. The van der Waals surface area contributed by atoms with E-state index in [0.29, 0.717) is 18.9 Å². The predicted molar refractivity (Wildman–Crippen MR) is 147 cm³/mol. The number of aliphatic hydroxyl groups is 1. The van der Waals surface area contributed by atoms with Gasteiger partial charge in [-0.15, -0.1) is 0 Å². The molecule has 4 nitrogen and oxygen atoms in total. The van der Waals surface area contributed by atoms with Gasteiger partial charge in [-0.3, -0.25) is 4.79 Å². The molecule has 2 aromatic rings. The van der Waals surface area contributed by atoms with Crippen molar-refractivity contribution in [2.75, 3.05) is 6.61 Å². The third-order valence-electron chi connectivity index (χ3n) is 8.68. The summed E-state index contributed by atoms with van der Waals surface area (Å²) in [7, 11) is 0. The Morgan fingerprint density at radius 2 is 1.58 bits per heavy atom. The topological polar surface area (TPSA) is 55.8 Å². The van der Waals surface area contributed by atoms with Crippen molar-refractivity contribution in [3.05, 3.63) is 64.2 Å². The molecule has 198 valence electrons. The van der Waals surface area contributed by atoms with E-state index in [1.165, 1.54) is 22.3 Å². The summed E-state index contributed by atoms with van der Waals surface area (Å²) in [6, 6.07) is 13.5. The summed E-state index contributed by atoms with van der Waals surface area (Å²) >= 11 is 0. The molecule has 1 saturated heterocycles. The van der Waals surface area contributed by atoms with Gasteiger partial charge in [0.2, 0.25) is 0 Å². The van der Waals surface area contributed by atoms with Gasteiger partial charge in [0, 0.05) is 11.8 Å². The fourth-order valence-electron chi connectivity index (χ4n) is 5.97. The van der Waals surface area contributed by atoms with Crippen molar-refractivity contribution in [1.82, 2.24) is 0 Å². The lowest BCUT2D eigenvalue weighted by atomic mass is 9.69. The van der Waals surface area contributed by atoms with E-state index in [9.17, 15) is 9.90 Å². The first-order valence-corrected chi connectivity index (χ1v) is 13.9. The number of benzene rings is 2. The summed E-state index contributed by atoms with van der Waals surface area (Å²) in [5.74, 6) is 1.02. The fourth-order valence-corrected chi connectivity index (χ4v) is 5.97. The second-order valence-corrected chi connectivity index (χ2v) is 10.8. The number of esters is 1. The van der Waals surface area contributed by atoms with E-state index in [0.717, 1.165) is 49.8 Å². The molecule has 0 saturated carbocycles. The van der Waals surface area contributed by atoms with E-state index in [2.05, 4.69) is 84.9 Å². The number of hydrogen-bond acceptors (Lipinski definition) is 4. The lowest BCUT2D eigenvalue weighted by Gasteiger charge is -2.35. The summed E-state index contributed by atoms with van der Waals surface area (Å²) in [4.78, 5) is 11.4. The standard InChI is InChI=1S/C32H46O4/c1-8-31(34,9-2)20-24(7)28-15-12-25(18-22(28)5)32(10-3,11-4)26-13-16-29(23(6)19-26)35-21-27-14-17-30(33)36-27/h12-13,15-16,18-19,24,27,34H,8-11,14,17,20-21H2,1-7H3/t24?,27-/m0/s1. The van der Waals surface area contributed by atoms with Crippen LogP contribution in [-0.2, 0) is 14.9 Å². The van der Waals surface area contributed by atoms with Gasteiger partial charge in [-0.1, -0.05) is 65.0 Å². The zero-order chi connectivity index (χ0) is 26.5. The molecule has 1 N–H and O–H groups in total. The van der Waals surface area contributed by atoms with Gasteiger partial charge in [0.05, 0.1) is 5.60 Å². The van der Waals surface area contributed by atoms with Crippen molar-refractivity contribution in [3.8, 4) is 5.75 Å². The maximum atomic E-state index is 11.4. The van der Waals surface area contributed by atoms with Crippen molar-refractivity contribution in [2.45, 2.75) is 116 Å². The normalized spacial score (nSPS) is 17.2. The van der Waals surface area contributed by atoms with E-state index < -0.39 is 5.60 Å². The average Bonchev–Trinajstić information content (AvgIpc) is 3.29. The molecule has 0 spiro atoms. The van der Waals surface area contributed by atoms with Crippen LogP contribution in [0.1, 0.15) is 113 Å². The van der Waals surface area contributed by atoms with Crippen LogP contribution in [0.25, 0.3) is 0 Å². The molecule has 2 atom stereocenters. The Bertz CT molecular complexity index is 1030. The van der Waals surface area contributed by atoms with Crippen LogP contribution in [0.3, 0.4) is 0 Å². The fraction of sp³-hybridized carbons (Fsp3) is 0.594. The molecule has 0 aromatic heterocycles. The van der Waals surface area contributed by atoms with Gasteiger partial charge < -0.3 is 14.6 Å². The maximum absolute atomic E-state index is 11.4. The summed E-state index contributed by atoms with van der Waals surface area (Å²) in [5, 5.41) is 10.9. The molecule has 4 heteroatoms. The summed E-state index contributed by atoms with van der Waals surface area (Å²) in [5.41, 5.74) is 5.69. The average molecular weight is 495 g/mol. The largest absolute Gasteiger partial charge is 0.489 e. The Hall–Kier alpha value is -2.33. The molecular weight excluding hydrogens is 448 g/mol. The number of rotatable bonds is 12. The molecule has 1 heterocycles. The molecule has 1 unspecified atom stereocenters. The van der Waals surface area contributed by atoms with E-state index in [1.54, 1.807) is 0 Å². The van der Waals surface area contributed by atoms with Crippen molar-refractivity contribution in [3.63, 3.8) is 0 Å². The summed E-state index contributed by atoms with van der Waals surface area (Å²) < 4.78 is 11.3. The highest BCUT2D eigenvalue weighted by Crippen LogP contribution is 2.42. The Labute approximate surface area is 218 Å². The third-order valence-corrected chi connectivity index (χ3v) is 8.68. The second-order valence-electron chi connectivity index (χ2n) is 10.8. The highest BCUT2D eigenvalue weighted by atomic mass is 16.6. The van der Waals surface area contributed by atoms with Crippen LogP contribution in [0.15, 0.2) is 36.4 Å². The van der Waals surface area contributed by atoms with Gasteiger partial charge in [0.1, 0.15) is 18.5 Å². The number of hydrogen-bond donors (Lipinski definition) is 1. The van der Waals surface area contributed by atoms with Crippen LogP contribution in [-0.4, -0.2) is 29.4 Å². The first-order chi connectivity index (χ1) is 17.1. The SMILES string of the molecule is CCC(O)(CC)CC(C)c1ccc(C(CC)(CC)c2ccc(OC[C@@H]3CCC(=O)O3)c(C)c2)cc1C. The third kappa shape index (κ3) is 5.96. The second kappa shape index (κ2) is 11.8. The Balaban J connectivity index is 1.85. The van der Waals surface area contributed by atoms with E-state index in [1.807, 2.05) is 0 Å². The molecule has 3 rings (SSSR count). The number of ether oxygens (including phenoxy) is 2. The molecule has 1 fully saturated rings. The monoisotopic (exact) mass is 494 g/mol. The van der Waals surface area contributed by atoms with Gasteiger partial charge in [-0.05, 0) is 92.2 Å². The lowest BCUT2D eigenvalue weighted by molar-refractivity contribution is -0.142. The van der Waals surface area contributed by atoms with Crippen LogP contribution in [0.5, 0.6) is 5.75 Å². The Morgan fingerprint density at radius 3 is 2.08 bits per heavy atom. The van der Waals surface area contributed by atoms with Crippen molar-refractivity contribution in [1.29, 1.82) is 0 Å². The van der Waals surface area contributed by atoms with E-state index in [4.69, 9.17) is 9.47 Å². The number of carbonyl (C=O) groups excluding carboxylic acids is 1. The molecule has 2 aromatic carbocycles. The maximum Gasteiger partial charge on any atom is 0.306 e. The molecular formula is C32H46O4. The molecule has 1 aliphatic heterocycles. The summed E-state index contributed by atoms with van der Waals surface area (Å²) in [6.07, 6.45) is 5.42. The van der Waals surface area contributed by atoms with Gasteiger partial charge in [0.15, 0.2) is 0 Å². The van der Waals surface area contributed by atoms with Crippen LogP contribution < -0.4 is 4.74 Å². The van der Waals surface area contributed by atoms with Gasteiger partial charge in [0.25, 0.3) is 0 Å².